The maximum Gasteiger partial charge on any atom is 0.254 e. The molecule has 1 amide bonds. The van der Waals surface area contributed by atoms with E-state index in [2.05, 4.69) is 10.2 Å². The Labute approximate surface area is 116 Å². The Balaban J connectivity index is 2.08. The summed E-state index contributed by atoms with van der Waals surface area (Å²) in [7, 11) is 2.04. The molecule has 6 heteroatoms. The topological polar surface area (TPSA) is 58.4 Å². The molecule has 1 aliphatic heterocycles. The lowest BCUT2D eigenvalue weighted by Gasteiger charge is -2.29. The van der Waals surface area contributed by atoms with E-state index in [1.165, 1.54) is 12.1 Å². The minimum absolute atomic E-state index is 0.0725. The second-order valence-electron chi connectivity index (χ2n) is 4.91. The highest BCUT2D eigenvalue weighted by Crippen LogP contribution is 2.22. The van der Waals surface area contributed by atoms with Crippen LogP contribution in [-0.4, -0.2) is 37.0 Å². The smallest absolute Gasteiger partial charge is 0.254 e. The Kier molecular flexibility index (Phi) is 4.27. The molecule has 1 saturated heterocycles. The van der Waals surface area contributed by atoms with Crippen LogP contribution in [0.2, 0.25) is 5.02 Å². The molecule has 1 fully saturated rings. The van der Waals surface area contributed by atoms with Crippen LogP contribution in [-0.2, 0) is 0 Å². The Morgan fingerprint density at radius 1 is 1.47 bits per heavy atom. The fraction of sp³-hybridized carbons (Fsp3) is 0.462. The highest BCUT2D eigenvalue weighted by atomic mass is 35.5. The third-order valence-electron chi connectivity index (χ3n) is 3.36. The van der Waals surface area contributed by atoms with Crippen LogP contribution in [0, 0.1) is 5.82 Å². The first-order valence-corrected chi connectivity index (χ1v) is 6.59. The third-order valence-corrected chi connectivity index (χ3v) is 3.58. The van der Waals surface area contributed by atoms with Gasteiger partial charge in [-0.15, -0.1) is 0 Å². The summed E-state index contributed by atoms with van der Waals surface area (Å²) in [6, 6.07) is 2.67. The second kappa shape index (κ2) is 5.75. The molecule has 19 heavy (non-hydrogen) atoms. The SMILES string of the molecule is CN1CCC(NC(=O)c2cc(Cl)cc(N)c2F)CC1. The molecule has 3 N–H and O–H groups in total. The summed E-state index contributed by atoms with van der Waals surface area (Å²) in [5, 5.41) is 3.09. The molecule has 1 aliphatic rings. The van der Waals surface area contributed by atoms with E-state index in [4.69, 9.17) is 17.3 Å². The molecule has 0 unspecified atom stereocenters. The minimum atomic E-state index is -0.713. The summed E-state index contributed by atoms with van der Waals surface area (Å²) < 4.78 is 13.8. The van der Waals surface area contributed by atoms with E-state index in [1.807, 2.05) is 7.05 Å². The number of rotatable bonds is 2. The third kappa shape index (κ3) is 3.36. The largest absolute Gasteiger partial charge is 0.396 e. The van der Waals surface area contributed by atoms with Crippen molar-refractivity contribution in [2.45, 2.75) is 18.9 Å². The average molecular weight is 286 g/mol. The fourth-order valence-electron chi connectivity index (χ4n) is 2.19. The van der Waals surface area contributed by atoms with Gasteiger partial charge in [-0.3, -0.25) is 4.79 Å². The standard InChI is InChI=1S/C13H17ClFN3O/c1-18-4-2-9(3-5-18)17-13(19)10-6-8(14)7-11(16)12(10)15/h6-7,9H,2-5,16H2,1H3,(H,17,19). The van der Waals surface area contributed by atoms with Gasteiger partial charge in [0, 0.05) is 11.1 Å². The van der Waals surface area contributed by atoms with Gasteiger partial charge in [0.2, 0.25) is 0 Å². The van der Waals surface area contributed by atoms with Crippen LogP contribution in [0.4, 0.5) is 10.1 Å². The number of halogens is 2. The predicted molar refractivity (Wildman–Crippen MR) is 73.8 cm³/mol. The number of nitrogen functional groups attached to an aromatic ring is 1. The molecule has 1 aromatic rings. The Morgan fingerprint density at radius 3 is 2.74 bits per heavy atom. The number of likely N-dealkylation sites (tertiary alicyclic amines) is 1. The second-order valence-corrected chi connectivity index (χ2v) is 5.34. The van der Waals surface area contributed by atoms with E-state index in [0.29, 0.717) is 0 Å². The molecular formula is C13H17ClFN3O. The minimum Gasteiger partial charge on any atom is -0.396 e. The summed E-state index contributed by atoms with van der Waals surface area (Å²) in [4.78, 5) is 14.2. The molecule has 2 rings (SSSR count). The van der Waals surface area contributed by atoms with Gasteiger partial charge in [0.15, 0.2) is 5.82 Å². The number of carbonyl (C=O) groups excluding carboxylic acids is 1. The first-order valence-electron chi connectivity index (χ1n) is 6.21. The van der Waals surface area contributed by atoms with Crippen molar-refractivity contribution in [3.63, 3.8) is 0 Å². The first-order chi connectivity index (χ1) is 8.97. The summed E-state index contributed by atoms with van der Waals surface area (Å²) >= 11 is 5.79. The van der Waals surface area contributed by atoms with Crippen molar-refractivity contribution in [3.05, 3.63) is 28.5 Å². The average Bonchev–Trinajstić information content (AvgIpc) is 2.36. The quantitative estimate of drug-likeness (QED) is 0.816. The summed E-state index contributed by atoms with van der Waals surface area (Å²) in [5.41, 5.74) is 5.26. The number of carbonyl (C=O) groups is 1. The molecule has 0 saturated carbocycles. The van der Waals surface area contributed by atoms with Crippen LogP contribution >= 0.6 is 11.6 Å². The number of anilines is 1. The highest BCUT2D eigenvalue weighted by Gasteiger charge is 2.21. The number of nitrogens with one attached hydrogen (secondary N) is 1. The van der Waals surface area contributed by atoms with Gasteiger partial charge >= 0.3 is 0 Å². The van der Waals surface area contributed by atoms with Crippen molar-refractivity contribution in [3.8, 4) is 0 Å². The number of amides is 1. The Hall–Kier alpha value is -1.33. The number of piperidine rings is 1. The van der Waals surface area contributed by atoms with Gasteiger partial charge in [-0.05, 0) is 45.1 Å². The molecule has 0 spiro atoms. The monoisotopic (exact) mass is 285 g/mol. The number of benzene rings is 1. The molecule has 104 valence electrons. The molecule has 4 nitrogen and oxygen atoms in total. The van der Waals surface area contributed by atoms with E-state index in [-0.39, 0.29) is 22.3 Å². The van der Waals surface area contributed by atoms with Crippen LogP contribution in [0.25, 0.3) is 0 Å². The normalized spacial score (nSPS) is 17.4. The van der Waals surface area contributed by atoms with E-state index < -0.39 is 11.7 Å². The van der Waals surface area contributed by atoms with Gasteiger partial charge < -0.3 is 16.0 Å². The van der Waals surface area contributed by atoms with E-state index in [9.17, 15) is 9.18 Å². The summed E-state index contributed by atoms with van der Waals surface area (Å²) in [5.74, 6) is -1.17. The molecule has 0 radical (unpaired) electrons. The van der Waals surface area contributed by atoms with Crippen LogP contribution < -0.4 is 11.1 Å². The van der Waals surface area contributed by atoms with Gasteiger partial charge in [-0.1, -0.05) is 11.6 Å². The van der Waals surface area contributed by atoms with Crippen LogP contribution in [0.5, 0.6) is 0 Å². The number of hydrogen-bond donors (Lipinski definition) is 2. The molecule has 0 aliphatic carbocycles. The van der Waals surface area contributed by atoms with Crippen molar-refractivity contribution in [2.75, 3.05) is 25.9 Å². The molecular weight excluding hydrogens is 269 g/mol. The molecule has 0 aromatic heterocycles. The summed E-state index contributed by atoms with van der Waals surface area (Å²) in [6.07, 6.45) is 1.72. The number of nitrogens with zero attached hydrogens (tertiary/aromatic N) is 1. The Bertz CT molecular complexity index is 487. The maximum absolute atomic E-state index is 13.8. The highest BCUT2D eigenvalue weighted by molar-refractivity contribution is 6.31. The van der Waals surface area contributed by atoms with Crippen molar-refractivity contribution in [2.24, 2.45) is 0 Å². The molecule has 1 heterocycles. The van der Waals surface area contributed by atoms with Gasteiger partial charge in [0.1, 0.15) is 0 Å². The van der Waals surface area contributed by atoms with E-state index >= 15 is 0 Å². The Morgan fingerprint density at radius 2 is 2.11 bits per heavy atom. The van der Waals surface area contributed by atoms with Crippen molar-refractivity contribution in [1.29, 1.82) is 0 Å². The lowest BCUT2D eigenvalue weighted by atomic mass is 10.0. The van der Waals surface area contributed by atoms with Crippen molar-refractivity contribution < 1.29 is 9.18 Å². The van der Waals surface area contributed by atoms with Crippen LogP contribution in [0.15, 0.2) is 12.1 Å². The summed E-state index contributed by atoms with van der Waals surface area (Å²) in [6.45, 7) is 1.84. The number of nitrogens with two attached hydrogens (primary N) is 1. The van der Waals surface area contributed by atoms with Gasteiger partial charge in [-0.25, -0.2) is 4.39 Å². The molecule has 0 bridgehead atoms. The van der Waals surface area contributed by atoms with Crippen LogP contribution in [0.1, 0.15) is 23.2 Å². The van der Waals surface area contributed by atoms with Crippen molar-refractivity contribution in [1.82, 2.24) is 10.2 Å². The first kappa shape index (κ1) is 14.1. The van der Waals surface area contributed by atoms with Gasteiger partial charge in [0.05, 0.1) is 11.3 Å². The predicted octanol–water partition coefficient (Wildman–Crippen LogP) is 1.89. The van der Waals surface area contributed by atoms with Gasteiger partial charge in [-0.2, -0.15) is 0 Å². The van der Waals surface area contributed by atoms with E-state index in [1.54, 1.807) is 0 Å². The molecule has 1 aromatic carbocycles. The lowest BCUT2D eigenvalue weighted by Crippen LogP contribution is -2.43. The zero-order chi connectivity index (χ0) is 14.0. The zero-order valence-electron chi connectivity index (χ0n) is 10.7. The van der Waals surface area contributed by atoms with E-state index in [0.717, 1.165) is 25.9 Å². The fourth-order valence-corrected chi connectivity index (χ4v) is 2.42. The number of hydrogen-bond acceptors (Lipinski definition) is 3. The van der Waals surface area contributed by atoms with Gasteiger partial charge in [0.25, 0.3) is 5.91 Å². The van der Waals surface area contributed by atoms with Crippen LogP contribution in [0.3, 0.4) is 0 Å². The zero-order valence-corrected chi connectivity index (χ0v) is 11.5. The maximum atomic E-state index is 13.8. The lowest BCUT2D eigenvalue weighted by molar-refractivity contribution is 0.0913. The molecule has 0 atom stereocenters. The van der Waals surface area contributed by atoms with Crippen molar-refractivity contribution >= 4 is 23.2 Å².